The van der Waals surface area contributed by atoms with Gasteiger partial charge >= 0.3 is 5.97 Å². The molecule has 0 saturated carbocycles. The van der Waals surface area contributed by atoms with Crippen LogP contribution in [0.5, 0.6) is 0 Å². The van der Waals surface area contributed by atoms with E-state index in [1.165, 1.54) is 7.11 Å². The SMILES string of the molecule is COC(=O)c1ccc(N2C3CCC2CN(CC(=O)N2CC=C(c4cccc5ccoc45)C2)C3)nc1. The smallest absolute Gasteiger partial charge is 0.339 e. The van der Waals surface area contributed by atoms with Crippen molar-refractivity contribution in [1.82, 2.24) is 14.8 Å². The predicted molar refractivity (Wildman–Crippen MR) is 132 cm³/mol. The van der Waals surface area contributed by atoms with Crippen molar-refractivity contribution in [3.05, 3.63) is 66.1 Å². The largest absolute Gasteiger partial charge is 0.465 e. The number of fused-ring (bicyclic) bond motifs is 3. The van der Waals surface area contributed by atoms with Crippen molar-refractivity contribution in [1.29, 1.82) is 0 Å². The van der Waals surface area contributed by atoms with Crippen LogP contribution in [0.25, 0.3) is 16.5 Å². The van der Waals surface area contributed by atoms with Gasteiger partial charge in [-0.05, 0) is 36.6 Å². The normalized spacial score (nSPS) is 22.0. The van der Waals surface area contributed by atoms with Gasteiger partial charge in [0.05, 0.1) is 25.5 Å². The first kappa shape index (κ1) is 21.9. The van der Waals surface area contributed by atoms with E-state index in [0.29, 0.717) is 37.3 Å². The van der Waals surface area contributed by atoms with Crippen molar-refractivity contribution in [2.24, 2.45) is 0 Å². The number of benzene rings is 1. The van der Waals surface area contributed by atoms with Gasteiger partial charge in [-0.1, -0.05) is 24.3 Å². The lowest BCUT2D eigenvalue weighted by Gasteiger charge is -2.41. The van der Waals surface area contributed by atoms with Crippen molar-refractivity contribution in [3.63, 3.8) is 0 Å². The highest BCUT2D eigenvalue weighted by molar-refractivity contribution is 5.92. The van der Waals surface area contributed by atoms with Gasteiger partial charge in [-0.2, -0.15) is 0 Å². The summed E-state index contributed by atoms with van der Waals surface area (Å²) >= 11 is 0. The molecule has 2 bridgehead atoms. The average Bonchev–Trinajstić information content (AvgIpc) is 3.62. The summed E-state index contributed by atoms with van der Waals surface area (Å²) in [4.78, 5) is 36.0. The Hall–Kier alpha value is -3.65. The number of hydrogen-bond donors (Lipinski definition) is 0. The van der Waals surface area contributed by atoms with Gasteiger partial charge in [-0.3, -0.25) is 9.69 Å². The van der Waals surface area contributed by atoms with Crippen LogP contribution in [0.1, 0.15) is 28.8 Å². The van der Waals surface area contributed by atoms with Gasteiger partial charge in [0.15, 0.2) is 0 Å². The van der Waals surface area contributed by atoms with Gasteiger partial charge in [0.2, 0.25) is 5.91 Å². The van der Waals surface area contributed by atoms with Crippen LogP contribution in [-0.2, 0) is 9.53 Å². The average molecular weight is 473 g/mol. The van der Waals surface area contributed by atoms with E-state index in [4.69, 9.17) is 9.15 Å². The number of esters is 1. The number of hydrogen-bond acceptors (Lipinski definition) is 7. The summed E-state index contributed by atoms with van der Waals surface area (Å²) in [6.07, 6.45) is 7.60. The van der Waals surface area contributed by atoms with E-state index in [1.807, 2.05) is 29.2 Å². The van der Waals surface area contributed by atoms with Crippen LogP contribution in [-0.4, -0.2) is 78.6 Å². The Bertz CT molecular complexity index is 1280. The molecule has 3 aromatic rings. The van der Waals surface area contributed by atoms with Crippen molar-refractivity contribution < 1.29 is 18.7 Å². The molecule has 2 atom stereocenters. The van der Waals surface area contributed by atoms with E-state index in [0.717, 1.165) is 53.9 Å². The Balaban J connectivity index is 1.08. The zero-order valence-electron chi connectivity index (χ0n) is 19.7. The number of anilines is 1. The van der Waals surface area contributed by atoms with Gasteiger partial charge in [0.1, 0.15) is 11.4 Å². The standard InChI is InChI=1S/C27H28N4O4/c1-34-27(33)19-5-8-24(28-13-19)31-21-6-7-22(31)16-29(15-21)17-25(32)30-11-9-20(14-30)23-4-2-3-18-10-12-35-26(18)23/h2-5,8-10,12-13,21-22H,6-7,11,14-17H2,1H3. The van der Waals surface area contributed by atoms with Crippen molar-refractivity contribution >= 4 is 34.2 Å². The molecule has 8 heteroatoms. The fourth-order valence-electron chi connectivity index (χ4n) is 5.75. The molecule has 5 heterocycles. The fraction of sp³-hybridized carbons (Fsp3) is 0.370. The lowest BCUT2D eigenvalue weighted by molar-refractivity contribution is -0.131. The highest BCUT2D eigenvalue weighted by Gasteiger charge is 2.41. The second-order valence-electron chi connectivity index (χ2n) is 9.53. The molecule has 0 spiro atoms. The molecule has 3 aliphatic heterocycles. The highest BCUT2D eigenvalue weighted by Crippen LogP contribution is 2.34. The van der Waals surface area contributed by atoms with Crippen LogP contribution in [0, 0.1) is 0 Å². The first-order valence-corrected chi connectivity index (χ1v) is 12.1. The number of carbonyl (C=O) groups excluding carboxylic acids is 2. The molecular weight excluding hydrogens is 444 g/mol. The number of piperazine rings is 1. The summed E-state index contributed by atoms with van der Waals surface area (Å²) in [5.41, 5.74) is 3.55. The van der Waals surface area contributed by atoms with Crippen molar-refractivity contribution in [3.8, 4) is 0 Å². The summed E-state index contributed by atoms with van der Waals surface area (Å²) in [5, 5.41) is 1.08. The highest BCUT2D eigenvalue weighted by atomic mass is 16.5. The van der Waals surface area contributed by atoms with Gasteiger partial charge in [-0.25, -0.2) is 9.78 Å². The Morgan fingerprint density at radius 1 is 1.11 bits per heavy atom. The number of methoxy groups -OCH3 is 1. The molecule has 1 amide bonds. The summed E-state index contributed by atoms with van der Waals surface area (Å²) in [6.45, 7) is 3.35. The van der Waals surface area contributed by atoms with Gasteiger partial charge < -0.3 is 19.0 Å². The molecule has 8 nitrogen and oxygen atoms in total. The maximum Gasteiger partial charge on any atom is 0.339 e. The monoisotopic (exact) mass is 472 g/mol. The van der Waals surface area contributed by atoms with Crippen LogP contribution >= 0.6 is 0 Å². The minimum atomic E-state index is -0.379. The number of pyridine rings is 1. The van der Waals surface area contributed by atoms with Crippen LogP contribution in [0.4, 0.5) is 5.82 Å². The van der Waals surface area contributed by atoms with Gasteiger partial charge in [-0.15, -0.1) is 0 Å². The molecular formula is C27H28N4O4. The first-order chi connectivity index (χ1) is 17.1. The van der Waals surface area contributed by atoms with E-state index in [-0.39, 0.29) is 11.9 Å². The predicted octanol–water partition coefficient (Wildman–Crippen LogP) is 3.19. The lowest BCUT2D eigenvalue weighted by Crippen LogP contribution is -2.56. The third-order valence-corrected chi connectivity index (χ3v) is 7.45. The maximum atomic E-state index is 13.2. The maximum absolute atomic E-state index is 13.2. The number of furan rings is 1. The Kier molecular flexibility index (Phi) is 5.53. The van der Waals surface area contributed by atoms with Crippen LogP contribution < -0.4 is 4.90 Å². The van der Waals surface area contributed by atoms with Crippen molar-refractivity contribution in [2.75, 3.05) is 44.7 Å². The second kappa shape index (κ2) is 8.85. The third kappa shape index (κ3) is 3.97. The number of carbonyl (C=O) groups is 2. The van der Waals surface area contributed by atoms with Crippen molar-refractivity contribution in [2.45, 2.75) is 24.9 Å². The number of ether oxygens (including phenoxy) is 1. The Morgan fingerprint density at radius 3 is 2.69 bits per heavy atom. The number of nitrogens with zero attached hydrogens (tertiary/aromatic N) is 4. The van der Waals surface area contributed by atoms with Gasteiger partial charge in [0, 0.05) is 55.4 Å². The minimum Gasteiger partial charge on any atom is -0.465 e. The second-order valence-corrected chi connectivity index (χ2v) is 9.53. The summed E-state index contributed by atoms with van der Waals surface area (Å²) in [5.74, 6) is 0.670. The fourth-order valence-corrected chi connectivity index (χ4v) is 5.75. The van der Waals surface area contributed by atoms with Crippen LogP contribution in [0.2, 0.25) is 0 Å². The minimum absolute atomic E-state index is 0.163. The summed E-state index contributed by atoms with van der Waals surface area (Å²) in [7, 11) is 1.37. The first-order valence-electron chi connectivity index (χ1n) is 12.1. The number of amides is 1. The zero-order valence-corrected chi connectivity index (χ0v) is 19.7. The molecule has 2 unspecified atom stereocenters. The van der Waals surface area contributed by atoms with E-state index in [9.17, 15) is 9.59 Å². The zero-order chi connectivity index (χ0) is 23.9. The third-order valence-electron chi connectivity index (χ3n) is 7.45. The molecule has 0 N–H and O–H groups in total. The topological polar surface area (TPSA) is 79.1 Å². The summed E-state index contributed by atoms with van der Waals surface area (Å²) in [6, 6.07) is 12.4. The van der Waals surface area contributed by atoms with E-state index < -0.39 is 0 Å². The van der Waals surface area contributed by atoms with Crippen LogP contribution in [0.15, 0.2) is 59.4 Å². The number of aromatic nitrogens is 1. The molecule has 180 valence electrons. The quantitative estimate of drug-likeness (QED) is 0.528. The van der Waals surface area contributed by atoms with Gasteiger partial charge in [0.25, 0.3) is 0 Å². The summed E-state index contributed by atoms with van der Waals surface area (Å²) < 4.78 is 10.5. The Labute approximate surface area is 203 Å². The molecule has 2 fully saturated rings. The molecule has 6 rings (SSSR count). The number of rotatable bonds is 5. The lowest BCUT2D eigenvalue weighted by atomic mass is 10.0. The molecule has 1 aromatic carbocycles. The van der Waals surface area contributed by atoms with E-state index >= 15 is 0 Å². The number of likely N-dealkylation sites (tertiary alicyclic amines) is 1. The molecule has 2 aromatic heterocycles. The molecule has 2 saturated heterocycles. The Morgan fingerprint density at radius 2 is 1.94 bits per heavy atom. The molecule has 3 aliphatic rings. The van der Waals surface area contributed by atoms with E-state index in [2.05, 4.69) is 26.9 Å². The molecule has 35 heavy (non-hydrogen) atoms. The molecule has 0 aliphatic carbocycles. The molecule has 0 radical (unpaired) electrons. The number of para-hydroxylation sites is 1. The van der Waals surface area contributed by atoms with Crippen LogP contribution in [0.3, 0.4) is 0 Å². The van der Waals surface area contributed by atoms with E-state index in [1.54, 1.807) is 18.5 Å².